The summed E-state index contributed by atoms with van der Waals surface area (Å²) in [5.41, 5.74) is 3.64. The first-order valence-corrected chi connectivity index (χ1v) is 10.8. The van der Waals surface area contributed by atoms with Gasteiger partial charge in [-0.2, -0.15) is 0 Å². The number of nitrogens with one attached hydrogen (secondary N) is 2. The maximum atomic E-state index is 14.4. The van der Waals surface area contributed by atoms with E-state index in [0.29, 0.717) is 38.6 Å². The second-order valence-corrected chi connectivity index (χ2v) is 8.40. The van der Waals surface area contributed by atoms with Crippen LogP contribution in [-0.4, -0.2) is 25.8 Å². The zero-order valence-corrected chi connectivity index (χ0v) is 18.6. The number of aromatic nitrogens is 4. The molecule has 0 saturated carbocycles. The number of carbonyl (C=O) groups excluding carboxylic acids is 1. The lowest BCUT2D eigenvalue weighted by Gasteiger charge is -2.08. The number of carbonyl (C=O) groups is 1. The molecule has 9 heteroatoms. The van der Waals surface area contributed by atoms with Crippen molar-refractivity contribution in [3.05, 3.63) is 99.6 Å². The van der Waals surface area contributed by atoms with E-state index in [0.717, 1.165) is 16.5 Å². The van der Waals surface area contributed by atoms with Gasteiger partial charge in [0, 0.05) is 52.9 Å². The number of hydrogen-bond acceptors (Lipinski definition) is 4. The van der Waals surface area contributed by atoms with E-state index < -0.39 is 11.7 Å². The van der Waals surface area contributed by atoms with Crippen molar-refractivity contribution in [2.45, 2.75) is 13.0 Å². The molecule has 3 aromatic heterocycles. The van der Waals surface area contributed by atoms with Crippen molar-refractivity contribution in [2.24, 2.45) is 0 Å². The maximum absolute atomic E-state index is 14.4. The molecular weight excluding hydrogens is 464 g/mol. The largest absolute Gasteiger partial charge is 0.360 e. The van der Waals surface area contributed by atoms with E-state index in [4.69, 9.17) is 23.2 Å². The van der Waals surface area contributed by atoms with Gasteiger partial charge in [0.05, 0.1) is 15.6 Å². The van der Waals surface area contributed by atoms with Gasteiger partial charge in [-0.1, -0.05) is 29.3 Å². The molecule has 5 rings (SSSR count). The smallest absolute Gasteiger partial charge is 0.270 e. The van der Waals surface area contributed by atoms with Crippen LogP contribution in [0.4, 0.5) is 4.39 Å². The Morgan fingerprint density at radius 3 is 2.82 bits per heavy atom. The van der Waals surface area contributed by atoms with Crippen LogP contribution in [0.2, 0.25) is 10.0 Å². The van der Waals surface area contributed by atoms with Crippen LogP contribution in [0.1, 0.15) is 27.3 Å². The van der Waals surface area contributed by atoms with Gasteiger partial charge in [-0.3, -0.25) is 9.78 Å². The van der Waals surface area contributed by atoms with E-state index in [1.165, 1.54) is 12.4 Å². The van der Waals surface area contributed by atoms with Crippen LogP contribution in [0.15, 0.2) is 61.2 Å². The predicted molar refractivity (Wildman–Crippen MR) is 126 cm³/mol. The van der Waals surface area contributed by atoms with Crippen LogP contribution in [0, 0.1) is 5.82 Å². The molecule has 0 saturated heterocycles. The molecule has 0 spiro atoms. The zero-order chi connectivity index (χ0) is 22.9. The summed E-state index contributed by atoms with van der Waals surface area (Å²) < 4.78 is 14.4. The zero-order valence-electron chi connectivity index (χ0n) is 17.1. The minimum Gasteiger partial charge on any atom is -0.360 e. The third-order valence-corrected chi connectivity index (χ3v) is 5.81. The molecule has 0 fully saturated rings. The molecule has 1 amide bonds. The molecule has 0 bridgehead atoms. The minimum atomic E-state index is -0.435. The Morgan fingerprint density at radius 2 is 1.94 bits per heavy atom. The Kier molecular flexibility index (Phi) is 5.66. The van der Waals surface area contributed by atoms with Gasteiger partial charge >= 0.3 is 0 Å². The molecule has 2 N–H and O–H groups in total. The quantitative estimate of drug-likeness (QED) is 0.349. The van der Waals surface area contributed by atoms with Crippen LogP contribution in [0.5, 0.6) is 0 Å². The second-order valence-electron chi connectivity index (χ2n) is 7.56. The molecule has 164 valence electrons. The highest BCUT2D eigenvalue weighted by Crippen LogP contribution is 2.26. The van der Waals surface area contributed by atoms with Crippen molar-refractivity contribution in [1.82, 2.24) is 25.3 Å². The van der Waals surface area contributed by atoms with Crippen molar-refractivity contribution >= 4 is 50.9 Å². The average Bonchev–Trinajstić information content (AvgIpc) is 3.16. The topological polar surface area (TPSA) is 83.6 Å². The number of fused-ring (bicyclic) bond motifs is 2. The lowest BCUT2D eigenvalue weighted by Crippen LogP contribution is -2.24. The molecule has 0 radical (unpaired) electrons. The van der Waals surface area contributed by atoms with Crippen LogP contribution in [0.3, 0.4) is 0 Å². The fraction of sp³-hybridized carbons (Fsp3) is 0.0833. The Bertz CT molecular complexity index is 1520. The molecule has 3 heterocycles. The minimum absolute atomic E-state index is 0.000113. The number of aromatic amines is 1. The molecule has 0 aliphatic carbocycles. The van der Waals surface area contributed by atoms with Crippen molar-refractivity contribution in [3.8, 4) is 0 Å². The van der Waals surface area contributed by atoms with Gasteiger partial charge in [0.1, 0.15) is 17.8 Å². The van der Waals surface area contributed by atoms with E-state index in [2.05, 4.69) is 25.3 Å². The summed E-state index contributed by atoms with van der Waals surface area (Å²) in [6.07, 6.45) is 5.05. The third kappa shape index (κ3) is 4.51. The van der Waals surface area contributed by atoms with Crippen LogP contribution in [-0.2, 0) is 13.0 Å². The van der Waals surface area contributed by atoms with Gasteiger partial charge < -0.3 is 10.3 Å². The fourth-order valence-corrected chi connectivity index (χ4v) is 4.02. The Hall–Kier alpha value is -3.55. The first-order valence-electron chi connectivity index (χ1n) is 10.0. The van der Waals surface area contributed by atoms with Gasteiger partial charge in [0.25, 0.3) is 5.91 Å². The van der Waals surface area contributed by atoms with Gasteiger partial charge in [0.15, 0.2) is 0 Å². The maximum Gasteiger partial charge on any atom is 0.270 e. The number of nitrogens with zero attached hydrogens (tertiary/aromatic N) is 3. The molecule has 0 atom stereocenters. The van der Waals surface area contributed by atoms with Crippen molar-refractivity contribution in [2.75, 3.05) is 0 Å². The summed E-state index contributed by atoms with van der Waals surface area (Å²) >= 11 is 12.2. The lowest BCUT2D eigenvalue weighted by atomic mass is 10.1. The molecule has 0 aliphatic heterocycles. The van der Waals surface area contributed by atoms with Gasteiger partial charge in [-0.05, 0) is 42.0 Å². The molecule has 6 nitrogen and oxygen atoms in total. The molecule has 0 aliphatic rings. The van der Waals surface area contributed by atoms with E-state index in [-0.39, 0.29) is 12.2 Å². The van der Waals surface area contributed by atoms with Gasteiger partial charge in [0.2, 0.25) is 0 Å². The molecule has 0 unspecified atom stereocenters. The van der Waals surface area contributed by atoms with Crippen molar-refractivity contribution in [1.29, 1.82) is 0 Å². The number of hydrogen-bond donors (Lipinski definition) is 2. The highest BCUT2D eigenvalue weighted by molar-refractivity contribution is 6.35. The number of H-pyrrole nitrogens is 1. The van der Waals surface area contributed by atoms with Crippen LogP contribution >= 0.6 is 23.2 Å². The summed E-state index contributed by atoms with van der Waals surface area (Å²) in [5, 5.41) is 5.38. The van der Waals surface area contributed by atoms with Crippen LogP contribution in [0.25, 0.3) is 21.8 Å². The summed E-state index contributed by atoms with van der Waals surface area (Å²) in [7, 11) is 0. The third-order valence-electron chi connectivity index (χ3n) is 5.29. The van der Waals surface area contributed by atoms with E-state index in [1.807, 2.05) is 24.3 Å². The van der Waals surface area contributed by atoms with Crippen molar-refractivity contribution in [3.63, 3.8) is 0 Å². The molecule has 33 heavy (non-hydrogen) atoms. The molecule has 2 aromatic carbocycles. The first kappa shape index (κ1) is 21.3. The Balaban J connectivity index is 1.31. The average molecular weight is 480 g/mol. The normalized spacial score (nSPS) is 11.2. The standard InChI is InChI=1S/C24H16Cl2FN5O/c25-16-5-14-3-13(1-2-21(14)28-10-16)4-17-7-23(32-12-31-17)24(33)30-9-15-6-18-19(26)11-29-22(18)8-20(15)27/h1-3,5-8,10-12,29H,4,9H2,(H,30,33). The lowest BCUT2D eigenvalue weighted by molar-refractivity contribution is 0.0945. The van der Waals surface area contributed by atoms with E-state index in [1.54, 1.807) is 24.5 Å². The van der Waals surface area contributed by atoms with Gasteiger partial charge in [-0.25, -0.2) is 14.4 Å². The van der Waals surface area contributed by atoms with Crippen LogP contribution < -0.4 is 5.32 Å². The summed E-state index contributed by atoms with van der Waals surface area (Å²) in [6.45, 7) is -0.000113. The predicted octanol–water partition coefficient (Wildman–Crippen LogP) is 5.47. The fourth-order valence-electron chi connectivity index (χ4n) is 3.65. The SMILES string of the molecule is O=C(NCc1cc2c(Cl)c[nH]c2cc1F)c1cc(Cc2ccc3ncc(Cl)cc3c2)ncn1. The molecule has 5 aromatic rings. The highest BCUT2D eigenvalue weighted by Gasteiger charge is 2.13. The first-order chi connectivity index (χ1) is 16.0. The number of benzene rings is 2. The Labute approximate surface area is 197 Å². The van der Waals surface area contributed by atoms with E-state index in [9.17, 15) is 9.18 Å². The highest BCUT2D eigenvalue weighted by atomic mass is 35.5. The Morgan fingerprint density at radius 1 is 1.06 bits per heavy atom. The summed E-state index contributed by atoms with van der Waals surface area (Å²) in [6, 6.07) is 12.3. The number of halogens is 3. The summed E-state index contributed by atoms with van der Waals surface area (Å²) in [4.78, 5) is 28.2. The number of pyridine rings is 1. The van der Waals surface area contributed by atoms with E-state index >= 15 is 0 Å². The number of rotatable bonds is 5. The number of amides is 1. The monoisotopic (exact) mass is 479 g/mol. The summed E-state index contributed by atoms with van der Waals surface area (Å²) in [5.74, 6) is -0.858. The van der Waals surface area contributed by atoms with Gasteiger partial charge in [-0.15, -0.1) is 0 Å². The second kappa shape index (κ2) is 8.77. The molecular formula is C24H16Cl2FN5O. The van der Waals surface area contributed by atoms with Crippen molar-refractivity contribution < 1.29 is 9.18 Å².